The third kappa shape index (κ3) is 2.66. The van der Waals surface area contributed by atoms with Gasteiger partial charge in [-0.3, -0.25) is 0 Å². The lowest BCUT2D eigenvalue weighted by Gasteiger charge is -2.08. The molecule has 0 amide bonds. The molecule has 18 heavy (non-hydrogen) atoms. The first-order valence-corrected chi connectivity index (χ1v) is 5.46. The quantitative estimate of drug-likeness (QED) is 0.817. The smallest absolute Gasteiger partial charge is 0.131 e. The van der Waals surface area contributed by atoms with E-state index in [2.05, 4.69) is 12.1 Å². The Balaban J connectivity index is 2.23. The van der Waals surface area contributed by atoms with Gasteiger partial charge in [-0.1, -0.05) is 18.2 Å². The molecule has 0 saturated carbocycles. The summed E-state index contributed by atoms with van der Waals surface area (Å²) in [6.07, 6.45) is 0.312. The van der Waals surface area contributed by atoms with Gasteiger partial charge in [-0.15, -0.1) is 0 Å². The van der Waals surface area contributed by atoms with E-state index in [1.165, 1.54) is 0 Å². The van der Waals surface area contributed by atoms with E-state index in [1.54, 1.807) is 24.3 Å². The van der Waals surface area contributed by atoms with Crippen molar-refractivity contribution < 1.29 is 4.74 Å². The van der Waals surface area contributed by atoms with Gasteiger partial charge in [-0.25, -0.2) is 0 Å². The number of ether oxygens (including phenoxy) is 1. The second-order valence-electron chi connectivity index (χ2n) is 3.68. The number of para-hydroxylation sites is 1. The normalized spacial score (nSPS) is 9.22. The van der Waals surface area contributed by atoms with Crippen molar-refractivity contribution in [2.45, 2.75) is 6.42 Å². The molecule has 0 fully saturated rings. The Bertz CT molecular complexity index is 618. The number of hydrogen-bond donors (Lipinski definition) is 0. The Kier molecular flexibility index (Phi) is 3.59. The van der Waals surface area contributed by atoms with Gasteiger partial charge in [0.25, 0.3) is 0 Å². The molecule has 86 valence electrons. The Morgan fingerprint density at radius 1 is 0.944 bits per heavy atom. The molecule has 0 aromatic heterocycles. The monoisotopic (exact) mass is 234 g/mol. The van der Waals surface area contributed by atoms with E-state index in [0.717, 1.165) is 5.56 Å². The molecule has 2 rings (SSSR count). The Morgan fingerprint density at radius 2 is 1.67 bits per heavy atom. The topological polar surface area (TPSA) is 56.8 Å². The van der Waals surface area contributed by atoms with Crippen LogP contribution >= 0.6 is 0 Å². The first-order chi connectivity index (χ1) is 8.83. The van der Waals surface area contributed by atoms with Gasteiger partial charge in [-0.05, 0) is 30.3 Å². The van der Waals surface area contributed by atoms with Crippen molar-refractivity contribution in [3.8, 4) is 23.6 Å². The second-order valence-corrected chi connectivity index (χ2v) is 3.68. The van der Waals surface area contributed by atoms with Crippen LogP contribution < -0.4 is 4.74 Å². The summed E-state index contributed by atoms with van der Waals surface area (Å²) in [5.41, 5.74) is 1.44. The van der Waals surface area contributed by atoms with Crippen LogP contribution in [0.2, 0.25) is 0 Å². The molecule has 0 aliphatic carbocycles. The van der Waals surface area contributed by atoms with Crippen LogP contribution in [0.5, 0.6) is 11.5 Å². The van der Waals surface area contributed by atoms with Gasteiger partial charge >= 0.3 is 0 Å². The lowest BCUT2D eigenvalue weighted by molar-refractivity contribution is 0.478. The maximum Gasteiger partial charge on any atom is 0.131 e. The van der Waals surface area contributed by atoms with Crippen LogP contribution in [-0.2, 0) is 6.42 Å². The SMILES string of the molecule is N#CCc1ccccc1Oc1ccc(C#N)cc1. The molecule has 2 aromatic rings. The molecule has 0 bridgehead atoms. The lowest BCUT2D eigenvalue weighted by atomic mass is 10.1. The second kappa shape index (κ2) is 5.52. The van der Waals surface area contributed by atoms with Crippen molar-refractivity contribution in [1.82, 2.24) is 0 Å². The minimum Gasteiger partial charge on any atom is -0.457 e. The van der Waals surface area contributed by atoms with Crippen molar-refractivity contribution >= 4 is 0 Å². The van der Waals surface area contributed by atoms with E-state index in [9.17, 15) is 0 Å². The third-order valence-corrected chi connectivity index (χ3v) is 2.45. The van der Waals surface area contributed by atoms with E-state index in [0.29, 0.717) is 23.5 Å². The van der Waals surface area contributed by atoms with Crippen LogP contribution in [0.15, 0.2) is 48.5 Å². The van der Waals surface area contributed by atoms with Gasteiger partial charge in [0.1, 0.15) is 11.5 Å². The fraction of sp³-hybridized carbons (Fsp3) is 0.0667. The van der Waals surface area contributed by atoms with Crippen molar-refractivity contribution in [3.63, 3.8) is 0 Å². The van der Waals surface area contributed by atoms with Crippen molar-refractivity contribution in [2.75, 3.05) is 0 Å². The molecular formula is C15H10N2O. The summed E-state index contributed by atoms with van der Waals surface area (Å²) in [6.45, 7) is 0. The first kappa shape index (κ1) is 11.7. The highest BCUT2D eigenvalue weighted by molar-refractivity contribution is 5.41. The van der Waals surface area contributed by atoms with E-state index >= 15 is 0 Å². The average Bonchev–Trinajstić information content (AvgIpc) is 2.42. The zero-order valence-electron chi connectivity index (χ0n) is 9.63. The predicted octanol–water partition coefficient (Wildman–Crippen LogP) is 3.42. The fourth-order valence-corrected chi connectivity index (χ4v) is 1.56. The van der Waals surface area contributed by atoms with Gasteiger partial charge < -0.3 is 4.74 Å². The van der Waals surface area contributed by atoms with Gasteiger partial charge in [0.15, 0.2) is 0 Å². The molecule has 2 aromatic carbocycles. The maximum atomic E-state index is 8.74. The van der Waals surface area contributed by atoms with Crippen molar-refractivity contribution in [1.29, 1.82) is 10.5 Å². The molecule has 3 heteroatoms. The Labute approximate surface area is 105 Å². The molecule has 0 heterocycles. The summed E-state index contributed by atoms with van der Waals surface area (Å²) in [5, 5.41) is 17.4. The van der Waals surface area contributed by atoms with E-state index in [-0.39, 0.29) is 0 Å². The Hall–Kier alpha value is -2.78. The lowest BCUT2D eigenvalue weighted by Crippen LogP contribution is -1.90. The van der Waals surface area contributed by atoms with Gasteiger partial charge in [0, 0.05) is 5.56 Å². The van der Waals surface area contributed by atoms with Crippen LogP contribution in [-0.4, -0.2) is 0 Å². The molecule has 0 atom stereocenters. The summed E-state index contributed by atoms with van der Waals surface area (Å²) in [5.74, 6) is 1.32. The van der Waals surface area contributed by atoms with Crippen LogP contribution in [0.3, 0.4) is 0 Å². The summed E-state index contributed by atoms with van der Waals surface area (Å²) in [6, 6.07) is 18.4. The number of nitrogens with zero attached hydrogens (tertiary/aromatic N) is 2. The molecule has 0 aliphatic rings. The number of hydrogen-bond acceptors (Lipinski definition) is 3. The van der Waals surface area contributed by atoms with E-state index in [1.807, 2.05) is 24.3 Å². The van der Waals surface area contributed by atoms with Crippen LogP contribution in [0.1, 0.15) is 11.1 Å². The van der Waals surface area contributed by atoms with Crippen LogP contribution in [0.4, 0.5) is 0 Å². The first-order valence-electron chi connectivity index (χ1n) is 5.46. The predicted molar refractivity (Wildman–Crippen MR) is 67.0 cm³/mol. The maximum absolute atomic E-state index is 8.74. The van der Waals surface area contributed by atoms with Gasteiger partial charge in [-0.2, -0.15) is 10.5 Å². The minimum atomic E-state index is 0.312. The molecule has 0 spiro atoms. The summed E-state index contributed by atoms with van der Waals surface area (Å²) in [4.78, 5) is 0. The molecule has 0 unspecified atom stereocenters. The van der Waals surface area contributed by atoms with E-state index < -0.39 is 0 Å². The Morgan fingerprint density at radius 3 is 2.33 bits per heavy atom. The van der Waals surface area contributed by atoms with E-state index in [4.69, 9.17) is 15.3 Å². The standard InChI is InChI=1S/C15H10N2O/c16-10-9-13-3-1-2-4-15(13)18-14-7-5-12(11-17)6-8-14/h1-8H,9H2. The summed E-state index contributed by atoms with van der Waals surface area (Å²) in [7, 11) is 0. The number of rotatable bonds is 3. The molecular weight excluding hydrogens is 224 g/mol. The van der Waals surface area contributed by atoms with Gasteiger partial charge in [0.2, 0.25) is 0 Å². The molecule has 3 nitrogen and oxygen atoms in total. The summed E-state index contributed by atoms with van der Waals surface area (Å²) < 4.78 is 5.70. The zero-order valence-corrected chi connectivity index (χ0v) is 9.63. The average molecular weight is 234 g/mol. The molecule has 0 radical (unpaired) electrons. The number of nitriles is 2. The molecule has 0 aliphatic heterocycles. The van der Waals surface area contributed by atoms with Crippen LogP contribution in [0.25, 0.3) is 0 Å². The van der Waals surface area contributed by atoms with Crippen molar-refractivity contribution in [3.05, 3.63) is 59.7 Å². The van der Waals surface area contributed by atoms with Crippen LogP contribution in [0, 0.1) is 22.7 Å². The van der Waals surface area contributed by atoms with Gasteiger partial charge in [0.05, 0.1) is 24.1 Å². The largest absolute Gasteiger partial charge is 0.457 e. The van der Waals surface area contributed by atoms with Crippen molar-refractivity contribution in [2.24, 2.45) is 0 Å². The minimum absolute atomic E-state index is 0.312. The number of benzene rings is 2. The molecule has 0 N–H and O–H groups in total. The fourth-order valence-electron chi connectivity index (χ4n) is 1.56. The highest BCUT2D eigenvalue weighted by atomic mass is 16.5. The third-order valence-electron chi connectivity index (χ3n) is 2.45. The summed E-state index contributed by atoms with van der Waals surface area (Å²) >= 11 is 0. The zero-order chi connectivity index (χ0) is 12.8. The highest BCUT2D eigenvalue weighted by Crippen LogP contribution is 2.25. The highest BCUT2D eigenvalue weighted by Gasteiger charge is 2.03. The molecule has 0 saturated heterocycles.